The number of pyridine rings is 1. The molecule has 0 radical (unpaired) electrons. The van der Waals surface area contributed by atoms with Crippen molar-refractivity contribution in [3.63, 3.8) is 0 Å². The number of likely N-dealkylation sites (tertiary alicyclic amines) is 1. The number of esters is 1. The molecule has 1 aromatic heterocycles. The summed E-state index contributed by atoms with van der Waals surface area (Å²) in [5.41, 5.74) is 5.00. The van der Waals surface area contributed by atoms with Gasteiger partial charge >= 0.3 is 5.97 Å². The van der Waals surface area contributed by atoms with Gasteiger partial charge < -0.3 is 14.5 Å². The van der Waals surface area contributed by atoms with Gasteiger partial charge in [-0.25, -0.2) is 4.79 Å². The minimum atomic E-state index is -0.206. The van der Waals surface area contributed by atoms with Crippen LogP contribution in [-0.2, 0) is 22.6 Å². The fourth-order valence-corrected chi connectivity index (χ4v) is 5.21. The molecule has 0 aliphatic carbocycles. The van der Waals surface area contributed by atoms with Crippen LogP contribution in [0.2, 0.25) is 0 Å². The van der Waals surface area contributed by atoms with Crippen LogP contribution in [0.5, 0.6) is 0 Å². The first-order chi connectivity index (χ1) is 14.6. The van der Waals surface area contributed by atoms with Gasteiger partial charge in [0, 0.05) is 36.7 Å². The van der Waals surface area contributed by atoms with Crippen molar-refractivity contribution in [2.45, 2.75) is 39.2 Å². The van der Waals surface area contributed by atoms with Crippen LogP contribution in [-0.4, -0.2) is 47.9 Å². The molecule has 2 aromatic rings. The maximum atomic E-state index is 13.2. The average molecular weight is 405 g/mol. The molecule has 0 atom stereocenters. The molecule has 2 saturated heterocycles. The Kier molecular flexibility index (Phi) is 4.82. The van der Waals surface area contributed by atoms with Gasteiger partial charge in [-0.3, -0.25) is 9.78 Å². The van der Waals surface area contributed by atoms with E-state index in [4.69, 9.17) is 4.74 Å². The summed E-state index contributed by atoms with van der Waals surface area (Å²) in [5, 5.41) is 0. The van der Waals surface area contributed by atoms with Crippen LogP contribution >= 0.6 is 0 Å². The minimum absolute atomic E-state index is 0.193. The number of aromatic nitrogens is 1. The fourth-order valence-electron chi connectivity index (χ4n) is 5.21. The predicted octanol–water partition coefficient (Wildman–Crippen LogP) is 3.12. The van der Waals surface area contributed by atoms with Gasteiger partial charge in [0.2, 0.25) is 5.91 Å². The zero-order chi connectivity index (χ0) is 20.7. The van der Waals surface area contributed by atoms with Gasteiger partial charge in [0.15, 0.2) is 0 Å². The van der Waals surface area contributed by atoms with Crippen molar-refractivity contribution in [3.05, 3.63) is 58.9 Å². The van der Waals surface area contributed by atoms with Crippen LogP contribution in [0.25, 0.3) is 0 Å². The zero-order valence-electron chi connectivity index (χ0n) is 17.4. The van der Waals surface area contributed by atoms with E-state index in [1.54, 1.807) is 12.4 Å². The quantitative estimate of drug-likeness (QED) is 0.732. The Balaban J connectivity index is 1.19. The molecule has 3 aliphatic rings. The third-order valence-electron chi connectivity index (χ3n) is 7.28. The number of carbonyl (C=O) groups excluding carboxylic acids is 2. The van der Waals surface area contributed by atoms with Crippen molar-refractivity contribution in [3.8, 4) is 0 Å². The Morgan fingerprint density at radius 3 is 2.53 bits per heavy atom. The summed E-state index contributed by atoms with van der Waals surface area (Å²) in [5.74, 6) is 0.0792. The number of hydrogen-bond acceptors (Lipinski definition) is 5. The molecule has 156 valence electrons. The van der Waals surface area contributed by atoms with E-state index >= 15 is 0 Å². The van der Waals surface area contributed by atoms with Crippen LogP contribution in [0.15, 0.2) is 36.7 Å². The van der Waals surface area contributed by atoms with Crippen LogP contribution in [0.4, 0.5) is 5.69 Å². The largest absolute Gasteiger partial charge is 0.457 e. The molecular weight excluding hydrogens is 378 g/mol. The zero-order valence-corrected chi connectivity index (χ0v) is 17.4. The van der Waals surface area contributed by atoms with E-state index in [-0.39, 0.29) is 17.3 Å². The fraction of sp³-hybridized carbons (Fsp3) is 0.458. The summed E-state index contributed by atoms with van der Waals surface area (Å²) >= 11 is 0. The van der Waals surface area contributed by atoms with E-state index in [9.17, 15) is 9.59 Å². The lowest BCUT2D eigenvalue weighted by Crippen LogP contribution is -2.45. The van der Waals surface area contributed by atoms with Crippen LogP contribution in [0.3, 0.4) is 0 Å². The molecule has 3 aliphatic heterocycles. The van der Waals surface area contributed by atoms with Crippen molar-refractivity contribution >= 4 is 17.6 Å². The van der Waals surface area contributed by atoms with Gasteiger partial charge in [0.1, 0.15) is 6.61 Å². The second-order valence-corrected chi connectivity index (χ2v) is 8.74. The van der Waals surface area contributed by atoms with Crippen LogP contribution < -0.4 is 4.90 Å². The molecule has 0 N–H and O–H groups in total. The molecule has 2 fully saturated rings. The van der Waals surface area contributed by atoms with Crippen LogP contribution in [0.1, 0.15) is 46.3 Å². The third-order valence-corrected chi connectivity index (χ3v) is 7.28. The maximum Gasteiger partial charge on any atom is 0.338 e. The predicted molar refractivity (Wildman–Crippen MR) is 113 cm³/mol. The molecule has 4 heterocycles. The third kappa shape index (κ3) is 3.19. The first-order valence-electron chi connectivity index (χ1n) is 10.8. The number of hydrogen-bond donors (Lipinski definition) is 0. The summed E-state index contributed by atoms with van der Waals surface area (Å²) in [6.45, 7) is 6.19. The number of fused-ring (bicyclic) bond motifs is 1. The first-order valence-corrected chi connectivity index (χ1v) is 10.8. The molecule has 5 rings (SSSR count). The van der Waals surface area contributed by atoms with Crippen molar-refractivity contribution in [2.24, 2.45) is 5.41 Å². The first kappa shape index (κ1) is 19.2. The van der Waals surface area contributed by atoms with Crippen molar-refractivity contribution < 1.29 is 14.3 Å². The lowest BCUT2D eigenvalue weighted by atomic mass is 9.77. The van der Waals surface area contributed by atoms with Crippen molar-refractivity contribution in [2.75, 3.05) is 31.1 Å². The van der Waals surface area contributed by atoms with Gasteiger partial charge in [-0.2, -0.15) is 0 Å². The highest BCUT2D eigenvalue weighted by atomic mass is 16.5. The van der Waals surface area contributed by atoms with E-state index < -0.39 is 0 Å². The number of piperidine rings is 1. The van der Waals surface area contributed by atoms with E-state index in [1.165, 1.54) is 11.1 Å². The Morgan fingerprint density at radius 1 is 1.03 bits per heavy atom. The summed E-state index contributed by atoms with van der Waals surface area (Å²) in [4.78, 5) is 33.4. The molecule has 1 amide bonds. The SMILES string of the molecule is Cc1c(CCN2CCC3(CC2)CCN(c2ccncc2)C3=O)ccc2c1COC2=O. The van der Waals surface area contributed by atoms with Gasteiger partial charge in [-0.1, -0.05) is 6.07 Å². The van der Waals surface area contributed by atoms with E-state index in [1.807, 2.05) is 23.1 Å². The normalized spacial score (nSPS) is 20.6. The number of carbonyl (C=O) groups is 2. The molecule has 6 nitrogen and oxygen atoms in total. The highest BCUT2D eigenvalue weighted by molar-refractivity contribution is 6.00. The maximum absolute atomic E-state index is 13.2. The van der Waals surface area contributed by atoms with Gasteiger partial charge in [0.05, 0.1) is 11.0 Å². The second-order valence-electron chi connectivity index (χ2n) is 8.74. The summed E-state index contributed by atoms with van der Waals surface area (Å²) in [6.07, 6.45) is 7.26. The van der Waals surface area contributed by atoms with E-state index in [0.29, 0.717) is 6.61 Å². The molecular formula is C24H27N3O3. The molecule has 1 aromatic carbocycles. The summed E-state index contributed by atoms with van der Waals surface area (Å²) < 4.78 is 5.17. The van der Waals surface area contributed by atoms with E-state index in [0.717, 1.165) is 68.7 Å². The minimum Gasteiger partial charge on any atom is -0.457 e. The Morgan fingerprint density at radius 2 is 1.77 bits per heavy atom. The van der Waals surface area contributed by atoms with Gasteiger partial charge in [-0.05, 0) is 75.0 Å². The topological polar surface area (TPSA) is 62.7 Å². The number of benzene rings is 1. The Bertz CT molecular complexity index is 981. The summed E-state index contributed by atoms with van der Waals surface area (Å²) in [7, 11) is 0. The van der Waals surface area contributed by atoms with Gasteiger partial charge in [-0.15, -0.1) is 0 Å². The average Bonchev–Trinajstić information content (AvgIpc) is 3.31. The lowest BCUT2D eigenvalue weighted by Gasteiger charge is -2.38. The van der Waals surface area contributed by atoms with Gasteiger partial charge in [0.25, 0.3) is 0 Å². The number of amides is 1. The molecule has 6 heteroatoms. The highest BCUT2D eigenvalue weighted by Crippen LogP contribution is 2.43. The monoisotopic (exact) mass is 405 g/mol. The number of rotatable bonds is 4. The summed E-state index contributed by atoms with van der Waals surface area (Å²) in [6, 6.07) is 7.82. The molecule has 0 bridgehead atoms. The number of nitrogens with zero attached hydrogens (tertiary/aromatic N) is 3. The smallest absolute Gasteiger partial charge is 0.338 e. The second kappa shape index (κ2) is 7.51. The highest BCUT2D eigenvalue weighted by Gasteiger charge is 2.48. The van der Waals surface area contributed by atoms with Crippen LogP contribution in [0, 0.1) is 12.3 Å². The number of ether oxygens (including phenoxy) is 1. The molecule has 30 heavy (non-hydrogen) atoms. The number of cyclic esters (lactones) is 1. The molecule has 1 spiro atoms. The standard InChI is InChI=1S/C24H27N3O3/c1-17-18(2-3-20-21(17)16-30-22(20)28)6-12-26-13-7-24(8-14-26)9-15-27(23(24)29)19-4-10-25-11-5-19/h2-5,10-11H,6-9,12-16H2,1H3. The Labute approximate surface area is 176 Å². The molecule has 0 saturated carbocycles. The lowest BCUT2D eigenvalue weighted by molar-refractivity contribution is -0.128. The van der Waals surface area contributed by atoms with Crippen molar-refractivity contribution in [1.82, 2.24) is 9.88 Å². The van der Waals surface area contributed by atoms with Crippen molar-refractivity contribution in [1.29, 1.82) is 0 Å². The Hall–Kier alpha value is -2.73. The van der Waals surface area contributed by atoms with E-state index in [2.05, 4.69) is 22.9 Å². The molecule has 0 unspecified atom stereocenters. The number of anilines is 1.